The molecule has 0 amide bonds. The van der Waals surface area contributed by atoms with E-state index in [1.165, 1.54) is 75.8 Å². The number of aromatic nitrogens is 1. The third kappa shape index (κ3) is 5.78. The molecule has 0 unspecified atom stereocenters. The summed E-state index contributed by atoms with van der Waals surface area (Å²) in [5.41, 5.74) is 16.9. The first-order valence-electron chi connectivity index (χ1n) is 18.9. The van der Waals surface area contributed by atoms with Gasteiger partial charge in [-0.2, -0.15) is 0 Å². The molecule has 0 N–H and O–H groups in total. The Morgan fingerprint density at radius 2 is 0.732 bits per heavy atom. The van der Waals surface area contributed by atoms with Gasteiger partial charge in [-0.3, -0.25) is 4.98 Å². The van der Waals surface area contributed by atoms with Crippen LogP contribution in [0.3, 0.4) is 0 Å². The van der Waals surface area contributed by atoms with E-state index in [-0.39, 0.29) is 0 Å². The van der Waals surface area contributed by atoms with Crippen molar-refractivity contribution in [3.05, 3.63) is 200 Å². The van der Waals surface area contributed by atoms with Gasteiger partial charge in [-0.25, -0.2) is 0 Å². The molecule has 3 heteroatoms. The molecular formula is C53H33NOS. The van der Waals surface area contributed by atoms with E-state index < -0.39 is 0 Å². The quantitative estimate of drug-likeness (QED) is 0.170. The van der Waals surface area contributed by atoms with Crippen LogP contribution in [-0.4, -0.2) is 4.98 Å². The van der Waals surface area contributed by atoms with Gasteiger partial charge in [0.05, 0.1) is 0 Å². The fraction of sp³-hybridized carbons (Fsp3) is 0. The van der Waals surface area contributed by atoms with Crippen LogP contribution in [0, 0.1) is 0 Å². The summed E-state index contributed by atoms with van der Waals surface area (Å²) in [6, 6.07) is 70.2. The highest BCUT2D eigenvalue weighted by atomic mass is 32.1. The molecule has 0 atom stereocenters. The number of fused-ring (bicyclic) bond motifs is 6. The van der Waals surface area contributed by atoms with Crippen LogP contribution in [0.5, 0.6) is 0 Å². The Morgan fingerprint density at radius 3 is 1.25 bits per heavy atom. The molecule has 0 aliphatic carbocycles. The number of thiophene rings is 1. The number of hydrogen-bond acceptors (Lipinski definition) is 3. The van der Waals surface area contributed by atoms with Gasteiger partial charge in [0.2, 0.25) is 0 Å². The molecule has 0 bridgehead atoms. The lowest BCUT2D eigenvalue weighted by molar-refractivity contribution is 0.668. The molecule has 3 heterocycles. The van der Waals surface area contributed by atoms with Crippen molar-refractivity contribution in [2.24, 2.45) is 0 Å². The summed E-state index contributed by atoms with van der Waals surface area (Å²) in [4.78, 5) is 4.58. The van der Waals surface area contributed by atoms with Crippen molar-refractivity contribution in [2.45, 2.75) is 0 Å². The molecule has 0 saturated heterocycles. The van der Waals surface area contributed by atoms with Gasteiger partial charge in [-0.1, -0.05) is 121 Å². The molecule has 56 heavy (non-hydrogen) atoms. The SMILES string of the molecule is c1cc(-c2cccc(-c3cccc(-c4ccc5sc6ccccc6c5c4)c3)c2)cc(-c2cccc(-c3cccc(-c4ccc5oc6cccnc6c5c4)c3)c2)c1. The zero-order chi connectivity index (χ0) is 37.0. The summed E-state index contributed by atoms with van der Waals surface area (Å²) >= 11 is 1.86. The largest absolute Gasteiger partial charge is 0.454 e. The smallest absolute Gasteiger partial charge is 0.153 e. The molecule has 11 rings (SSSR count). The van der Waals surface area contributed by atoms with E-state index >= 15 is 0 Å². The summed E-state index contributed by atoms with van der Waals surface area (Å²) in [6.45, 7) is 0. The van der Waals surface area contributed by atoms with Crippen molar-refractivity contribution in [1.82, 2.24) is 4.98 Å². The average molecular weight is 732 g/mol. The van der Waals surface area contributed by atoms with E-state index in [2.05, 4.69) is 181 Å². The van der Waals surface area contributed by atoms with Crippen LogP contribution in [0.1, 0.15) is 0 Å². The van der Waals surface area contributed by atoms with E-state index in [9.17, 15) is 0 Å². The lowest BCUT2D eigenvalue weighted by Gasteiger charge is -2.11. The van der Waals surface area contributed by atoms with Crippen molar-refractivity contribution in [3.63, 3.8) is 0 Å². The van der Waals surface area contributed by atoms with Crippen molar-refractivity contribution in [2.75, 3.05) is 0 Å². The predicted molar refractivity (Wildman–Crippen MR) is 237 cm³/mol. The predicted octanol–water partition coefficient (Wildman–Crippen LogP) is 15.4. The highest BCUT2D eigenvalue weighted by molar-refractivity contribution is 7.25. The third-order valence-corrected chi connectivity index (χ3v) is 12.1. The van der Waals surface area contributed by atoms with Crippen LogP contribution in [0.4, 0.5) is 0 Å². The van der Waals surface area contributed by atoms with E-state index in [0.717, 1.165) is 33.2 Å². The van der Waals surface area contributed by atoms with Crippen LogP contribution >= 0.6 is 11.3 Å². The van der Waals surface area contributed by atoms with Gasteiger partial charge >= 0.3 is 0 Å². The normalized spacial score (nSPS) is 11.6. The van der Waals surface area contributed by atoms with Crippen LogP contribution in [-0.2, 0) is 0 Å². The maximum absolute atomic E-state index is 6.03. The fourth-order valence-corrected chi connectivity index (χ4v) is 9.16. The Balaban J connectivity index is 0.886. The van der Waals surface area contributed by atoms with Crippen LogP contribution in [0.2, 0.25) is 0 Å². The lowest BCUT2D eigenvalue weighted by Crippen LogP contribution is -1.86. The Bertz CT molecular complexity index is 3060. The maximum Gasteiger partial charge on any atom is 0.153 e. The van der Waals surface area contributed by atoms with E-state index in [1.54, 1.807) is 0 Å². The third-order valence-electron chi connectivity index (χ3n) is 10.9. The second kappa shape index (κ2) is 13.3. The van der Waals surface area contributed by atoms with Crippen molar-refractivity contribution in [3.8, 4) is 66.8 Å². The second-order valence-electron chi connectivity index (χ2n) is 14.4. The first-order chi connectivity index (χ1) is 27.7. The van der Waals surface area contributed by atoms with Crippen molar-refractivity contribution in [1.29, 1.82) is 0 Å². The topological polar surface area (TPSA) is 26.0 Å². The highest BCUT2D eigenvalue weighted by Gasteiger charge is 2.12. The monoisotopic (exact) mass is 731 g/mol. The zero-order valence-corrected chi connectivity index (χ0v) is 31.1. The average Bonchev–Trinajstić information content (AvgIpc) is 3.84. The standard InChI is InChI=1S/C53H33NOS/c1-2-21-51-46(19-1)47-32-45(23-25-52(47)56-51)43-18-7-16-41(31-43)39-14-5-12-37(29-39)35-10-3-9-34(27-35)36-11-4-13-38(28-36)40-15-6-17-42(30-40)44-22-24-49-48(33-44)53-50(55-49)20-8-26-54-53/h1-33H. The number of hydrogen-bond donors (Lipinski definition) is 0. The van der Waals surface area contributed by atoms with Crippen LogP contribution < -0.4 is 0 Å². The molecule has 0 aliphatic rings. The summed E-state index contributed by atoms with van der Waals surface area (Å²) in [7, 11) is 0. The minimum absolute atomic E-state index is 0.810. The molecule has 0 radical (unpaired) electrons. The maximum atomic E-state index is 6.03. The lowest BCUT2D eigenvalue weighted by atomic mass is 9.93. The number of pyridine rings is 1. The van der Waals surface area contributed by atoms with Gasteiger partial charge in [-0.05, 0) is 140 Å². The summed E-state index contributed by atoms with van der Waals surface area (Å²) in [6.07, 6.45) is 1.82. The van der Waals surface area contributed by atoms with Crippen molar-refractivity contribution < 1.29 is 4.42 Å². The van der Waals surface area contributed by atoms with Gasteiger partial charge < -0.3 is 4.42 Å². The molecule has 0 aliphatic heterocycles. The Morgan fingerprint density at radius 1 is 0.304 bits per heavy atom. The Labute approximate surface area is 328 Å². The molecule has 8 aromatic carbocycles. The van der Waals surface area contributed by atoms with E-state index in [0.29, 0.717) is 0 Å². The van der Waals surface area contributed by atoms with Gasteiger partial charge in [0.15, 0.2) is 5.58 Å². The van der Waals surface area contributed by atoms with E-state index in [1.807, 2.05) is 35.7 Å². The first kappa shape index (κ1) is 32.4. The summed E-state index contributed by atoms with van der Waals surface area (Å²) < 4.78 is 8.69. The number of nitrogens with zero attached hydrogens (tertiary/aromatic N) is 1. The highest BCUT2D eigenvalue weighted by Crippen LogP contribution is 2.38. The number of rotatable bonds is 6. The van der Waals surface area contributed by atoms with Gasteiger partial charge in [-0.15, -0.1) is 11.3 Å². The minimum Gasteiger partial charge on any atom is -0.454 e. The molecule has 0 spiro atoms. The van der Waals surface area contributed by atoms with Crippen molar-refractivity contribution >= 4 is 53.6 Å². The number of furan rings is 1. The molecule has 3 aromatic heterocycles. The van der Waals surface area contributed by atoms with Gasteiger partial charge in [0.25, 0.3) is 0 Å². The first-order valence-corrected chi connectivity index (χ1v) is 19.7. The van der Waals surface area contributed by atoms with Crippen LogP contribution in [0.15, 0.2) is 205 Å². The van der Waals surface area contributed by atoms with Gasteiger partial charge in [0.1, 0.15) is 11.1 Å². The number of benzene rings is 8. The molecule has 2 nitrogen and oxygen atoms in total. The zero-order valence-electron chi connectivity index (χ0n) is 30.3. The molecule has 0 fully saturated rings. The fourth-order valence-electron chi connectivity index (χ4n) is 8.07. The molecule has 11 aromatic rings. The summed E-state index contributed by atoms with van der Waals surface area (Å²) in [5, 5.41) is 3.68. The molecule has 262 valence electrons. The van der Waals surface area contributed by atoms with Crippen LogP contribution in [0.25, 0.3) is 109 Å². The van der Waals surface area contributed by atoms with E-state index in [4.69, 9.17) is 4.42 Å². The second-order valence-corrected chi connectivity index (χ2v) is 15.5. The minimum atomic E-state index is 0.810. The summed E-state index contributed by atoms with van der Waals surface area (Å²) in [5.74, 6) is 0. The van der Waals surface area contributed by atoms with Gasteiger partial charge in [0, 0.05) is 31.8 Å². The Hall–Kier alpha value is -7.07. The Kier molecular flexibility index (Phi) is 7.72. The molecule has 0 saturated carbocycles. The molecular weight excluding hydrogens is 699 g/mol.